The average Bonchev–Trinajstić information content (AvgIpc) is 2.67. The Balaban J connectivity index is 2.40. The summed E-state index contributed by atoms with van der Waals surface area (Å²) >= 11 is 0.866. The molecule has 94 valence electrons. The van der Waals surface area contributed by atoms with Crippen molar-refractivity contribution < 1.29 is 19.1 Å². The van der Waals surface area contributed by atoms with Crippen LogP contribution < -0.4 is 14.8 Å². The minimum Gasteiger partial charge on any atom is -0.497 e. The molecule has 1 saturated heterocycles. The maximum Gasteiger partial charge on any atom is 0.290 e. The van der Waals surface area contributed by atoms with E-state index in [1.54, 1.807) is 31.4 Å². The molecule has 5 nitrogen and oxygen atoms in total. The SMILES string of the molecule is COc1ccc(OC)c(/C=C2/SC(=O)NC2=O)c1. The number of methoxy groups -OCH3 is 2. The van der Waals surface area contributed by atoms with Gasteiger partial charge in [0.1, 0.15) is 11.5 Å². The maximum atomic E-state index is 11.5. The van der Waals surface area contributed by atoms with Gasteiger partial charge in [0.15, 0.2) is 0 Å². The normalized spacial score (nSPS) is 16.9. The van der Waals surface area contributed by atoms with Gasteiger partial charge in [0.05, 0.1) is 19.1 Å². The van der Waals surface area contributed by atoms with Crippen LogP contribution in [-0.4, -0.2) is 25.4 Å². The van der Waals surface area contributed by atoms with E-state index in [2.05, 4.69) is 5.32 Å². The van der Waals surface area contributed by atoms with Crippen LogP contribution in [0.25, 0.3) is 6.08 Å². The molecule has 1 aromatic carbocycles. The van der Waals surface area contributed by atoms with E-state index >= 15 is 0 Å². The van der Waals surface area contributed by atoms with E-state index in [0.29, 0.717) is 22.0 Å². The van der Waals surface area contributed by atoms with Gasteiger partial charge in [-0.15, -0.1) is 0 Å². The molecular formula is C12H11NO4S. The average molecular weight is 265 g/mol. The van der Waals surface area contributed by atoms with Crippen molar-refractivity contribution in [3.63, 3.8) is 0 Å². The Bertz CT molecular complexity index is 539. The van der Waals surface area contributed by atoms with Crippen molar-refractivity contribution in [3.05, 3.63) is 28.7 Å². The highest BCUT2D eigenvalue weighted by Crippen LogP contribution is 2.31. The van der Waals surface area contributed by atoms with Gasteiger partial charge in [0.25, 0.3) is 11.1 Å². The number of nitrogens with one attached hydrogen (secondary N) is 1. The van der Waals surface area contributed by atoms with Crippen molar-refractivity contribution in [2.75, 3.05) is 14.2 Å². The van der Waals surface area contributed by atoms with E-state index < -0.39 is 5.91 Å². The molecule has 0 radical (unpaired) electrons. The van der Waals surface area contributed by atoms with Crippen LogP contribution in [0.3, 0.4) is 0 Å². The summed E-state index contributed by atoms with van der Waals surface area (Å²) in [6.07, 6.45) is 1.60. The molecule has 0 atom stereocenters. The highest BCUT2D eigenvalue weighted by atomic mass is 32.2. The second-order valence-electron chi connectivity index (χ2n) is 3.46. The summed E-state index contributed by atoms with van der Waals surface area (Å²) in [7, 11) is 3.09. The number of hydrogen-bond acceptors (Lipinski definition) is 5. The molecule has 1 fully saturated rings. The fourth-order valence-corrected chi connectivity index (χ4v) is 2.19. The highest BCUT2D eigenvalue weighted by Gasteiger charge is 2.25. The zero-order valence-electron chi connectivity index (χ0n) is 9.85. The van der Waals surface area contributed by atoms with Gasteiger partial charge < -0.3 is 9.47 Å². The third-order valence-electron chi connectivity index (χ3n) is 2.37. The molecule has 0 aromatic heterocycles. The zero-order chi connectivity index (χ0) is 13.1. The Morgan fingerprint density at radius 2 is 2.00 bits per heavy atom. The molecule has 1 N–H and O–H groups in total. The summed E-state index contributed by atoms with van der Waals surface area (Å²) < 4.78 is 10.3. The summed E-state index contributed by atoms with van der Waals surface area (Å²) in [5, 5.41) is 1.83. The lowest BCUT2D eigenvalue weighted by atomic mass is 10.1. The van der Waals surface area contributed by atoms with E-state index in [1.165, 1.54) is 7.11 Å². The van der Waals surface area contributed by atoms with E-state index in [0.717, 1.165) is 11.8 Å². The van der Waals surface area contributed by atoms with Crippen LogP contribution in [0, 0.1) is 0 Å². The Hall–Kier alpha value is -1.95. The van der Waals surface area contributed by atoms with E-state index in [1.807, 2.05) is 0 Å². The summed E-state index contributed by atoms with van der Waals surface area (Å²) in [5.74, 6) is 0.864. The van der Waals surface area contributed by atoms with Crippen molar-refractivity contribution in [1.82, 2.24) is 5.32 Å². The molecule has 18 heavy (non-hydrogen) atoms. The molecule has 1 aliphatic heterocycles. The van der Waals surface area contributed by atoms with Gasteiger partial charge in [-0.2, -0.15) is 0 Å². The summed E-state index contributed by atoms with van der Waals surface area (Å²) in [6, 6.07) is 5.24. The lowest BCUT2D eigenvalue weighted by Crippen LogP contribution is -2.17. The Kier molecular flexibility index (Phi) is 3.57. The van der Waals surface area contributed by atoms with E-state index in [-0.39, 0.29) is 5.24 Å². The van der Waals surface area contributed by atoms with Crippen molar-refractivity contribution in [2.24, 2.45) is 0 Å². The smallest absolute Gasteiger partial charge is 0.290 e. The molecular weight excluding hydrogens is 254 g/mol. The predicted octanol–water partition coefficient (Wildman–Crippen LogP) is 2.03. The molecule has 0 spiro atoms. The Morgan fingerprint density at radius 1 is 1.22 bits per heavy atom. The van der Waals surface area contributed by atoms with Gasteiger partial charge in [0, 0.05) is 5.56 Å². The molecule has 0 saturated carbocycles. The van der Waals surface area contributed by atoms with Crippen LogP contribution in [0.15, 0.2) is 23.1 Å². The van der Waals surface area contributed by atoms with Crippen molar-refractivity contribution in [2.45, 2.75) is 0 Å². The quantitative estimate of drug-likeness (QED) is 0.847. The number of carbonyl (C=O) groups is 2. The summed E-state index contributed by atoms with van der Waals surface area (Å²) in [6.45, 7) is 0. The van der Waals surface area contributed by atoms with Crippen LogP contribution in [0.1, 0.15) is 5.56 Å². The summed E-state index contributed by atoms with van der Waals surface area (Å²) in [4.78, 5) is 22.9. The second-order valence-corrected chi connectivity index (χ2v) is 4.47. The molecule has 0 bridgehead atoms. The lowest BCUT2D eigenvalue weighted by Gasteiger charge is -2.07. The summed E-state index contributed by atoms with van der Waals surface area (Å²) in [5.41, 5.74) is 0.684. The molecule has 2 amide bonds. The molecule has 1 aromatic rings. The molecule has 6 heteroatoms. The molecule has 0 unspecified atom stereocenters. The van der Waals surface area contributed by atoms with Gasteiger partial charge >= 0.3 is 0 Å². The van der Waals surface area contributed by atoms with Crippen LogP contribution in [-0.2, 0) is 4.79 Å². The number of benzene rings is 1. The third-order valence-corrected chi connectivity index (χ3v) is 3.18. The topological polar surface area (TPSA) is 64.6 Å². The third kappa shape index (κ3) is 2.48. The fraction of sp³-hybridized carbons (Fsp3) is 0.167. The maximum absolute atomic E-state index is 11.5. The minimum absolute atomic E-state index is 0.339. The standard InChI is InChI=1S/C12H11NO4S/c1-16-8-3-4-9(17-2)7(5-8)6-10-11(14)13-12(15)18-10/h3-6H,1-2H3,(H,13,14,15)/b10-6+. The van der Waals surface area contributed by atoms with Gasteiger partial charge in [-0.25, -0.2) is 0 Å². The minimum atomic E-state index is -0.394. The first-order valence-corrected chi connectivity index (χ1v) is 5.92. The monoisotopic (exact) mass is 265 g/mol. The first kappa shape index (κ1) is 12.5. The van der Waals surface area contributed by atoms with Gasteiger partial charge in [0.2, 0.25) is 0 Å². The molecule has 2 rings (SSSR count). The number of thioether (sulfide) groups is 1. The Morgan fingerprint density at radius 3 is 2.56 bits per heavy atom. The molecule has 1 aliphatic rings. The predicted molar refractivity (Wildman–Crippen MR) is 68.7 cm³/mol. The zero-order valence-corrected chi connectivity index (χ0v) is 10.7. The first-order chi connectivity index (χ1) is 8.63. The fourth-order valence-electron chi connectivity index (χ4n) is 1.51. The van der Waals surface area contributed by atoms with Gasteiger partial charge in [-0.05, 0) is 36.0 Å². The molecule has 1 heterocycles. The van der Waals surface area contributed by atoms with Crippen molar-refractivity contribution in [3.8, 4) is 11.5 Å². The van der Waals surface area contributed by atoms with Crippen LogP contribution >= 0.6 is 11.8 Å². The number of imide groups is 1. The number of ether oxygens (including phenoxy) is 2. The van der Waals surface area contributed by atoms with Crippen LogP contribution in [0.2, 0.25) is 0 Å². The van der Waals surface area contributed by atoms with E-state index in [4.69, 9.17) is 9.47 Å². The van der Waals surface area contributed by atoms with Crippen LogP contribution in [0.5, 0.6) is 11.5 Å². The van der Waals surface area contributed by atoms with Crippen LogP contribution in [0.4, 0.5) is 4.79 Å². The van der Waals surface area contributed by atoms with Crippen molar-refractivity contribution in [1.29, 1.82) is 0 Å². The van der Waals surface area contributed by atoms with Crippen molar-refractivity contribution >= 4 is 29.0 Å². The van der Waals surface area contributed by atoms with Gasteiger partial charge in [-0.3, -0.25) is 14.9 Å². The number of rotatable bonds is 3. The number of carbonyl (C=O) groups excluding carboxylic acids is 2. The Labute approximate surface area is 108 Å². The highest BCUT2D eigenvalue weighted by molar-refractivity contribution is 8.18. The number of amides is 2. The first-order valence-electron chi connectivity index (χ1n) is 5.11. The van der Waals surface area contributed by atoms with E-state index in [9.17, 15) is 9.59 Å². The number of hydrogen-bond donors (Lipinski definition) is 1. The second kappa shape index (κ2) is 5.14. The largest absolute Gasteiger partial charge is 0.497 e. The van der Waals surface area contributed by atoms with Gasteiger partial charge in [-0.1, -0.05) is 0 Å². The molecule has 0 aliphatic carbocycles. The lowest BCUT2D eigenvalue weighted by molar-refractivity contribution is -0.115.